The molecular formula is C17H16N2O2. The van der Waals surface area contributed by atoms with Crippen molar-refractivity contribution < 1.29 is 9.53 Å². The Morgan fingerprint density at radius 2 is 1.95 bits per heavy atom. The molecule has 3 rings (SSSR count). The summed E-state index contributed by atoms with van der Waals surface area (Å²) in [7, 11) is 1.39. The Morgan fingerprint density at radius 1 is 1.19 bits per heavy atom. The van der Waals surface area contributed by atoms with Crippen molar-refractivity contribution >= 4 is 16.9 Å². The number of aromatic nitrogens is 2. The zero-order chi connectivity index (χ0) is 15.0. The van der Waals surface area contributed by atoms with Crippen LogP contribution in [0.1, 0.15) is 21.6 Å². The highest BCUT2D eigenvalue weighted by Gasteiger charge is 2.14. The zero-order valence-electron chi connectivity index (χ0n) is 12.3. The molecule has 4 heteroatoms. The molecular weight excluding hydrogens is 264 g/mol. The monoisotopic (exact) mass is 280 g/mol. The lowest BCUT2D eigenvalue weighted by atomic mass is 10.1. The molecule has 3 aromatic rings. The summed E-state index contributed by atoms with van der Waals surface area (Å²) in [5.41, 5.74) is 4.36. The Hall–Kier alpha value is -2.62. The molecule has 2 heterocycles. The molecule has 0 saturated carbocycles. The van der Waals surface area contributed by atoms with Crippen LogP contribution in [0.5, 0.6) is 0 Å². The summed E-state index contributed by atoms with van der Waals surface area (Å²) in [5, 5.41) is 1.05. The molecule has 4 nitrogen and oxygen atoms in total. The quantitative estimate of drug-likeness (QED) is 0.675. The van der Waals surface area contributed by atoms with Crippen LogP contribution in [0.25, 0.3) is 16.6 Å². The van der Waals surface area contributed by atoms with Crippen LogP contribution in [0.15, 0.2) is 42.7 Å². The summed E-state index contributed by atoms with van der Waals surface area (Å²) in [5.74, 6) is -0.318. The van der Waals surface area contributed by atoms with E-state index in [0.717, 1.165) is 27.8 Å². The van der Waals surface area contributed by atoms with Gasteiger partial charge in [0.15, 0.2) is 0 Å². The Labute approximate surface area is 123 Å². The van der Waals surface area contributed by atoms with Gasteiger partial charge in [-0.05, 0) is 31.5 Å². The SMILES string of the molecule is COC(=O)c1cn(-c2cc(C)nc3ccccc23)cc1C. The zero-order valence-corrected chi connectivity index (χ0v) is 12.3. The van der Waals surface area contributed by atoms with Crippen molar-refractivity contribution in [2.24, 2.45) is 0 Å². The van der Waals surface area contributed by atoms with Crippen LogP contribution in [0.4, 0.5) is 0 Å². The van der Waals surface area contributed by atoms with Crippen LogP contribution in [0.3, 0.4) is 0 Å². The lowest BCUT2D eigenvalue weighted by molar-refractivity contribution is 0.0600. The Bertz CT molecular complexity index is 834. The number of benzene rings is 1. The first-order valence-electron chi connectivity index (χ1n) is 6.74. The number of carbonyl (C=O) groups is 1. The van der Waals surface area contributed by atoms with Crippen molar-refractivity contribution in [1.29, 1.82) is 0 Å². The molecule has 1 aromatic carbocycles. The smallest absolute Gasteiger partial charge is 0.339 e. The van der Waals surface area contributed by atoms with Crippen LogP contribution < -0.4 is 0 Å². The summed E-state index contributed by atoms with van der Waals surface area (Å²) in [6.07, 6.45) is 3.75. The normalized spacial score (nSPS) is 10.8. The number of para-hydroxylation sites is 1. The van der Waals surface area contributed by atoms with Gasteiger partial charge >= 0.3 is 5.97 Å². The fourth-order valence-electron chi connectivity index (χ4n) is 2.52. The summed E-state index contributed by atoms with van der Waals surface area (Å²) >= 11 is 0. The number of fused-ring (bicyclic) bond motifs is 1. The minimum absolute atomic E-state index is 0.318. The van der Waals surface area contributed by atoms with Crippen molar-refractivity contribution in [2.45, 2.75) is 13.8 Å². The van der Waals surface area contributed by atoms with E-state index in [0.29, 0.717) is 5.56 Å². The van der Waals surface area contributed by atoms with E-state index in [1.165, 1.54) is 7.11 Å². The Morgan fingerprint density at radius 3 is 2.71 bits per heavy atom. The number of rotatable bonds is 2. The van der Waals surface area contributed by atoms with Gasteiger partial charge in [0.1, 0.15) is 0 Å². The molecule has 0 amide bonds. The largest absolute Gasteiger partial charge is 0.465 e. The molecule has 0 unspecified atom stereocenters. The molecule has 0 fully saturated rings. The third-order valence-electron chi connectivity index (χ3n) is 3.53. The van der Waals surface area contributed by atoms with E-state index in [9.17, 15) is 4.79 Å². The van der Waals surface area contributed by atoms with Crippen LogP contribution in [0, 0.1) is 13.8 Å². The lowest BCUT2D eigenvalue weighted by Gasteiger charge is -2.08. The molecule has 0 aliphatic rings. The van der Waals surface area contributed by atoms with E-state index in [2.05, 4.69) is 4.98 Å². The highest BCUT2D eigenvalue weighted by molar-refractivity contribution is 5.92. The second-order valence-electron chi connectivity index (χ2n) is 5.05. The number of ether oxygens (including phenoxy) is 1. The number of carbonyl (C=O) groups excluding carboxylic acids is 1. The average molecular weight is 280 g/mol. The molecule has 106 valence electrons. The minimum Gasteiger partial charge on any atom is -0.465 e. The molecule has 21 heavy (non-hydrogen) atoms. The Kier molecular flexibility index (Phi) is 3.22. The minimum atomic E-state index is -0.318. The first-order valence-corrected chi connectivity index (χ1v) is 6.74. The van der Waals surface area contributed by atoms with Gasteiger partial charge in [0.25, 0.3) is 0 Å². The fourth-order valence-corrected chi connectivity index (χ4v) is 2.52. The molecule has 2 aromatic heterocycles. The van der Waals surface area contributed by atoms with Gasteiger partial charge in [-0.2, -0.15) is 0 Å². The molecule has 0 aliphatic heterocycles. The van der Waals surface area contributed by atoms with Gasteiger partial charge in [-0.25, -0.2) is 4.79 Å². The maximum Gasteiger partial charge on any atom is 0.339 e. The van der Waals surface area contributed by atoms with E-state index < -0.39 is 0 Å². The molecule has 0 spiro atoms. The first kappa shape index (κ1) is 13.4. The second kappa shape index (κ2) is 5.05. The molecule has 0 radical (unpaired) electrons. The summed E-state index contributed by atoms with van der Waals surface area (Å²) in [4.78, 5) is 16.3. The third kappa shape index (κ3) is 2.29. The van der Waals surface area contributed by atoms with Crippen molar-refractivity contribution in [3.05, 3.63) is 59.5 Å². The number of hydrogen-bond acceptors (Lipinski definition) is 3. The van der Waals surface area contributed by atoms with Crippen molar-refractivity contribution in [2.75, 3.05) is 7.11 Å². The number of methoxy groups -OCH3 is 1. The van der Waals surface area contributed by atoms with E-state index in [4.69, 9.17) is 4.74 Å². The second-order valence-corrected chi connectivity index (χ2v) is 5.05. The summed E-state index contributed by atoms with van der Waals surface area (Å²) < 4.78 is 6.77. The van der Waals surface area contributed by atoms with E-state index in [1.54, 1.807) is 0 Å². The van der Waals surface area contributed by atoms with Crippen LogP contribution in [-0.4, -0.2) is 22.6 Å². The van der Waals surface area contributed by atoms with Gasteiger partial charge in [-0.1, -0.05) is 18.2 Å². The van der Waals surface area contributed by atoms with Crippen molar-refractivity contribution in [3.63, 3.8) is 0 Å². The number of esters is 1. The number of aryl methyl sites for hydroxylation is 2. The number of nitrogens with zero attached hydrogens (tertiary/aromatic N) is 2. The highest BCUT2D eigenvalue weighted by Crippen LogP contribution is 2.24. The fraction of sp³-hybridized carbons (Fsp3) is 0.176. The van der Waals surface area contributed by atoms with E-state index >= 15 is 0 Å². The topological polar surface area (TPSA) is 44.1 Å². The van der Waals surface area contributed by atoms with Gasteiger partial charge in [-0.15, -0.1) is 0 Å². The van der Waals surface area contributed by atoms with E-state index in [-0.39, 0.29) is 5.97 Å². The highest BCUT2D eigenvalue weighted by atomic mass is 16.5. The number of hydrogen-bond donors (Lipinski definition) is 0. The van der Waals surface area contributed by atoms with Crippen LogP contribution in [0.2, 0.25) is 0 Å². The molecule has 0 aliphatic carbocycles. The predicted molar refractivity (Wildman–Crippen MR) is 81.9 cm³/mol. The first-order chi connectivity index (χ1) is 10.1. The van der Waals surface area contributed by atoms with Gasteiger partial charge in [-0.3, -0.25) is 4.98 Å². The molecule has 0 bridgehead atoms. The van der Waals surface area contributed by atoms with Gasteiger partial charge in [0.2, 0.25) is 0 Å². The van der Waals surface area contributed by atoms with Crippen LogP contribution >= 0.6 is 0 Å². The summed E-state index contributed by atoms with van der Waals surface area (Å²) in [6, 6.07) is 10.00. The van der Waals surface area contributed by atoms with Crippen LogP contribution in [-0.2, 0) is 4.74 Å². The van der Waals surface area contributed by atoms with Crippen molar-refractivity contribution in [1.82, 2.24) is 9.55 Å². The summed E-state index contributed by atoms with van der Waals surface area (Å²) in [6.45, 7) is 3.87. The number of pyridine rings is 1. The van der Waals surface area contributed by atoms with Crippen molar-refractivity contribution in [3.8, 4) is 5.69 Å². The lowest BCUT2D eigenvalue weighted by Crippen LogP contribution is -2.01. The predicted octanol–water partition coefficient (Wildman–Crippen LogP) is 3.43. The van der Waals surface area contributed by atoms with E-state index in [1.807, 2.05) is 61.1 Å². The van der Waals surface area contributed by atoms with Gasteiger partial charge < -0.3 is 9.30 Å². The van der Waals surface area contributed by atoms with Gasteiger partial charge in [0.05, 0.1) is 23.9 Å². The standard InChI is InChI=1S/C17H16N2O2/c1-11-9-19(10-14(11)17(20)21-3)16-8-12(2)18-15-7-5-4-6-13(15)16/h4-10H,1-3H3. The third-order valence-corrected chi connectivity index (χ3v) is 3.53. The molecule has 0 saturated heterocycles. The van der Waals surface area contributed by atoms with Gasteiger partial charge in [0, 0.05) is 23.5 Å². The Balaban J connectivity index is 2.23. The maximum atomic E-state index is 11.8. The molecule has 0 N–H and O–H groups in total. The average Bonchev–Trinajstić information content (AvgIpc) is 2.87. The maximum absolute atomic E-state index is 11.8. The molecule has 0 atom stereocenters.